The maximum Gasteiger partial charge on any atom is 0.472 e. The monoisotopic (exact) mass is 1020 g/mol. The molecule has 2 fully saturated rings. The molecule has 380 valence electrons. The van der Waals surface area contributed by atoms with E-state index in [2.05, 4.69) is 39.8 Å². The first kappa shape index (κ1) is 53.2. The van der Waals surface area contributed by atoms with Gasteiger partial charge in [-0.15, -0.1) is 0 Å². The molecule has 2 aliphatic rings. The molecule has 1 unspecified atom stereocenters. The predicted octanol–water partition coefficient (Wildman–Crippen LogP) is 2.46. The SMILES string of the molecule is CC(C)(C)OC(=O)N[C@@H](CCCCC(=O)OCc1ccccc1N=[N+]=[N-])C(=O)O[C@H]1[C@@H](O)[C@H](n2cnc3c(N)ncnc32)O[C@@H]1COP(=O)(O)O[C@H]1C[C@H](n2ccc(N)nc2=O)O[C@@H]1COP(=O)(O)O. The molecule has 3 aromatic heterocycles. The zero-order valence-corrected chi connectivity index (χ0v) is 39.3. The number of nitrogens with zero attached hydrogens (tertiary/aromatic N) is 9. The van der Waals surface area contributed by atoms with Crippen molar-refractivity contribution in [2.75, 3.05) is 24.7 Å². The summed E-state index contributed by atoms with van der Waals surface area (Å²) in [5.41, 5.74) is 19.4. The fourth-order valence-electron chi connectivity index (χ4n) is 7.14. The van der Waals surface area contributed by atoms with Gasteiger partial charge in [0.1, 0.15) is 66.6 Å². The van der Waals surface area contributed by atoms with Crippen molar-refractivity contribution < 1.29 is 80.6 Å². The van der Waals surface area contributed by atoms with E-state index in [1.54, 1.807) is 45.0 Å². The van der Waals surface area contributed by atoms with Crippen LogP contribution in [0, 0.1) is 0 Å². The summed E-state index contributed by atoms with van der Waals surface area (Å²) >= 11 is 0. The highest BCUT2D eigenvalue weighted by Gasteiger charge is 2.50. The van der Waals surface area contributed by atoms with Gasteiger partial charge in [-0.3, -0.25) is 27.5 Å². The Labute approximate surface area is 396 Å². The number of phosphoric ester groups is 2. The minimum atomic E-state index is -5.29. The molecule has 5 heterocycles. The molecule has 4 aromatic rings. The highest BCUT2D eigenvalue weighted by Crippen LogP contribution is 2.50. The number of esters is 2. The molecule has 2 saturated heterocycles. The number of hydrogen-bond donors (Lipinski definition) is 7. The van der Waals surface area contributed by atoms with Crippen molar-refractivity contribution in [1.82, 2.24) is 34.4 Å². The molecular formula is C38H50N12O18P2. The number of carbonyl (C=O) groups is 3. The van der Waals surface area contributed by atoms with Crippen molar-refractivity contribution in [2.24, 2.45) is 5.11 Å². The Morgan fingerprint density at radius 2 is 1.77 bits per heavy atom. The normalized spacial score (nSPS) is 22.7. The molecule has 30 nitrogen and oxygen atoms in total. The molecule has 1 aromatic carbocycles. The van der Waals surface area contributed by atoms with Crippen molar-refractivity contribution in [1.29, 1.82) is 0 Å². The molecule has 6 rings (SSSR count). The summed E-state index contributed by atoms with van der Waals surface area (Å²) in [6, 6.07) is 6.29. The first-order chi connectivity index (χ1) is 33.0. The summed E-state index contributed by atoms with van der Waals surface area (Å²) in [7, 11) is -10.4. The molecule has 70 heavy (non-hydrogen) atoms. The van der Waals surface area contributed by atoms with Crippen LogP contribution in [0.2, 0.25) is 0 Å². The molecule has 1 amide bonds. The van der Waals surface area contributed by atoms with E-state index in [-0.39, 0.29) is 67.2 Å². The number of aliphatic hydroxyl groups excluding tert-OH is 1. The third-order valence-corrected chi connectivity index (χ3v) is 11.8. The number of hydrogen-bond acceptors (Lipinski definition) is 22. The maximum atomic E-state index is 14.1. The Balaban J connectivity index is 1.18. The number of imidazole rings is 1. The number of amides is 1. The zero-order valence-electron chi connectivity index (χ0n) is 37.5. The second-order valence-corrected chi connectivity index (χ2v) is 19.2. The summed E-state index contributed by atoms with van der Waals surface area (Å²) in [6.07, 6.45) is -8.77. The lowest BCUT2D eigenvalue weighted by molar-refractivity contribution is -0.159. The largest absolute Gasteiger partial charge is 0.472 e. The van der Waals surface area contributed by atoms with Crippen LogP contribution in [0.1, 0.15) is 70.9 Å². The van der Waals surface area contributed by atoms with Gasteiger partial charge in [-0.05, 0) is 50.8 Å². The fourth-order valence-corrected chi connectivity index (χ4v) is 8.45. The van der Waals surface area contributed by atoms with E-state index >= 15 is 0 Å². The van der Waals surface area contributed by atoms with E-state index in [4.69, 9.17) is 49.7 Å². The number of benzene rings is 1. The van der Waals surface area contributed by atoms with Gasteiger partial charge >= 0.3 is 39.4 Å². The number of nitrogens with two attached hydrogens (primary N) is 2. The van der Waals surface area contributed by atoms with Crippen LogP contribution >= 0.6 is 15.6 Å². The summed E-state index contributed by atoms with van der Waals surface area (Å²) in [5, 5.41) is 17.8. The number of carbonyl (C=O) groups excluding carboxylic acids is 3. The average Bonchev–Trinajstić information content (AvgIpc) is 3.97. The van der Waals surface area contributed by atoms with Gasteiger partial charge in [-0.2, -0.15) is 4.98 Å². The van der Waals surface area contributed by atoms with E-state index in [0.29, 0.717) is 5.56 Å². The Hall–Kier alpha value is -6.13. The zero-order chi connectivity index (χ0) is 51.0. The van der Waals surface area contributed by atoms with E-state index in [1.165, 1.54) is 23.2 Å². The average molecular weight is 1020 g/mol. The van der Waals surface area contributed by atoms with E-state index in [0.717, 1.165) is 10.9 Å². The van der Waals surface area contributed by atoms with E-state index < -0.39 is 107 Å². The molecule has 9 N–H and O–H groups in total. The summed E-state index contributed by atoms with van der Waals surface area (Å²) in [6.45, 7) is 2.74. The van der Waals surface area contributed by atoms with Crippen LogP contribution in [-0.2, 0) is 62.6 Å². The van der Waals surface area contributed by atoms with Crippen LogP contribution in [-0.4, -0.2) is 122 Å². The van der Waals surface area contributed by atoms with Gasteiger partial charge in [0.05, 0.1) is 19.5 Å². The fraction of sp³-hybridized carbons (Fsp3) is 0.526. The highest BCUT2D eigenvalue weighted by atomic mass is 31.2. The maximum absolute atomic E-state index is 14.1. The molecule has 0 bridgehead atoms. The third-order valence-electron chi connectivity index (χ3n) is 10.3. The Morgan fingerprint density at radius 1 is 1.03 bits per heavy atom. The number of phosphoric acid groups is 2. The van der Waals surface area contributed by atoms with Gasteiger partial charge in [-0.1, -0.05) is 35.8 Å². The number of nitrogen functional groups attached to an aromatic ring is 2. The van der Waals surface area contributed by atoms with Crippen LogP contribution in [0.15, 0.2) is 59.1 Å². The quantitative estimate of drug-likeness (QED) is 0.0120. The summed E-state index contributed by atoms with van der Waals surface area (Å²) < 4.78 is 71.0. The molecule has 0 radical (unpaired) electrons. The highest BCUT2D eigenvalue weighted by molar-refractivity contribution is 7.47. The minimum absolute atomic E-state index is 0.0300. The number of rotatable bonds is 21. The molecule has 0 spiro atoms. The Morgan fingerprint density at radius 3 is 2.49 bits per heavy atom. The van der Waals surface area contributed by atoms with Gasteiger partial charge in [0, 0.05) is 29.6 Å². The van der Waals surface area contributed by atoms with Crippen molar-refractivity contribution in [3.05, 3.63) is 75.7 Å². The molecule has 2 aliphatic heterocycles. The van der Waals surface area contributed by atoms with Crippen molar-refractivity contribution in [2.45, 2.75) is 114 Å². The first-order valence-electron chi connectivity index (χ1n) is 21.1. The number of fused-ring (bicyclic) bond motifs is 1. The van der Waals surface area contributed by atoms with E-state index in [9.17, 15) is 48.1 Å². The lowest BCUT2D eigenvalue weighted by Gasteiger charge is -2.26. The smallest absolute Gasteiger partial charge is 0.461 e. The second kappa shape index (κ2) is 22.7. The standard InChI is InChI=1S/C38H50N12O18P2/c1-38(2,3)67-37(55)45-22(10-6-7-11-28(51)61-15-20-8-4-5-9-21(20)47-48-41)35(53)66-31-25(65-34(30(31)52)50-19-44-29-32(40)42-18-43-33(29)50)17-63-70(59,60)68-23-14-27(49-13-12-26(39)46-36(49)54)64-24(23)16-62-69(56,57)58/h4-5,8-9,12-13,18-19,22-25,27,30-31,34,52H,6-7,10-11,14-17H2,1-3H3,(H,45,55)(H,59,60)(H2,39,46,54)(H2,40,42,43)(H2,56,57,58)/t22-,23-,24+,25+,27+,30+,31+,34+/m0/s1. The summed E-state index contributed by atoms with van der Waals surface area (Å²) in [5.74, 6) is -1.90. The van der Waals surface area contributed by atoms with Crippen LogP contribution in [0.25, 0.3) is 21.6 Å². The Kier molecular flexibility index (Phi) is 17.3. The number of aliphatic hydroxyl groups is 1. The number of anilines is 2. The molecule has 32 heteroatoms. The third kappa shape index (κ3) is 14.5. The van der Waals surface area contributed by atoms with Gasteiger partial charge in [0.25, 0.3) is 0 Å². The lowest BCUT2D eigenvalue weighted by atomic mass is 10.1. The topological polar surface area (TPSA) is 431 Å². The van der Waals surface area contributed by atoms with Gasteiger partial charge < -0.3 is 60.3 Å². The van der Waals surface area contributed by atoms with Crippen molar-refractivity contribution in [3.8, 4) is 0 Å². The number of unbranched alkanes of at least 4 members (excludes halogenated alkanes) is 1. The van der Waals surface area contributed by atoms with E-state index in [1.807, 2.05) is 0 Å². The molecular weight excluding hydrogens is 974 g/mol. The summed E-state index contributed by atoms with van der Waals surface area (Å²) in [4.78, 5) is 101. The minimum Gasteiger partial charge on any atom is -0.461 e. The first-order valence-corrected chi connectivity index (χ1v) is 24.1. The second-order valence-electron chi connectivity index (χ2n) is 16.6. The number of ether oxygens (including phenoxy) is 5. The molecule has 0 aliphatic carbocycles. The predicted molar refractivity (Wildman–Crippen MR) is 236 cm³/mol. The number of nitrogens with one attached hydrogen (secondary N) is 1. The van der Waals surface area contributed by atoms with Crippen molar-refractivity contribution >= 4 is 62.2 Å². The van der Waals surface area contributed by atoms with Gasteiger partial charge in [0.2, 0.25) is 0 Å². The van der Waals surface area contributed by atoms with Crippen LogP contribution in [0.5, 0.6) is 0 Å². The van der Waals surface area contributed by atoms with Crippen molar-refractivity contribution in [3.63, 3.8) is 0 Å². The number of alkyl carbamates (subject to hydrolysis) is 1. The number of aromatic nitrogens is 6. The Bertz CT molecular complexity index is 2730. The van der Waals surface area contributed by atoms with Gasteiger partial charge in [0.15, 0.2) is 23.8 Å². The van der Waals surface area contributed by atoms with Crippen LogP contribution in [0.3, 0.4) is 0 Å². The van der Waals surface area contributed by atoms with Gasteiger partial charge in [-0.25, -0.2) is 38.5 Å². The lowest BCUT2D eigenvalue weighted by Crippen LogP contribution is -2.47. The van der Waals surface area contributed by atoms with Crippen LogP contribution in [0.4, 0.5) is 22.1 Å². The number of azide groups is 1. The molecule has 0 saturated carbocycles. The van der Waals surface area contributed by atoms with Crippen LogP contribution < -0.4 is 22.5 Å². The molecule has 9 atom stereocenters.